The molecule has 7 nitrogen and oxygen atoms in total. The average molecular weight is 464 g/mol. The van der Waals surface area contributed by atoms with Crippen LogP contribution in [-0.2, 0) is 9.73 Å². The Kier molecular flexibility index (Phi) is 5.36. The van der Waals surface area contributed by atoms with Crippen molar-refractivity contribution in [2.24, 2.45) is 0 Å². The largest absolute Gasteiger partial charge is 0.497 e. The summed E-state index contributed by atoms with van der Waals surface area (Å²) in [5.41, 5.74) is 1.40. The molecular weight excluding hydrogens is 440 g/mol. The van der Waals surface area contributed by atoms with E-state index in [9.17, 15) is 22.9 Å². The standard InChI is InChI=1S/C22H23F2N3O4S/c1-3-32(25,30)16-5-7-19(26-9-8-22(23,24)13-26)17(12-16)20-11-14-10-15(31-2)4-6-18(14)27(20)21(28)29/h4-7,10-12,25H,3,8-9,13H2,1-2H3,(H,28,29). The van der Waals surface area contributed by atoms with Gasteiger partial charge in [0.1, 0.15) is 5.75 Å². The van der Waals surface area contributed by atoms with Crippen LogP contribution >= 0.6 is 0 Å². The van der Waals surface area contributed by atoms with Gasteiger partial charge in [0.25, 0.3) is 5.92 Å². The predicted octanol–water partition coefficient (Wildman–Crippen LogP) is 5.11. The number of nitrogens with one attached hydrogen (secondary N) is 1. The van der Waals surface area contributed by atoms with E-state index in [0.29, 0.717) is 27.9 Å². The van der Waals surface area contributed by atoms with Gasteiger partial charge in [-0.3, -0.25) is 0 Å². The highest BCUT2D eigenvalue weighted by atomic mass is 32.2. The lowest BCUT2D eigenvalue weighted by molar-refractivity contribution is 0.0257. The number of hydrogen-bond donors (Lipinski definition) is 2. The number of anilines is 1. The molecule has 170 valence electrons. The van der Waals surface area contributed by atoms with Gasteiger partial charge in [-0.05, 0) is 42.5 Å². The van der Waals surface area contributed by atoms with Crippen LogP contribution in [0.3, 0.4) is 0 Å². The molecule has 0 bridgehead atoms. The SMILES string of the molecule is CCS(=N)(=O)c1ccc(N2CCC(F)(F)C2)c(-c2cc3cc(OC)ccc3n2C(=O)O)c1. The summed E-state index contributed by atoms with van der Waals surface area (Å²) < 4.78 is 55.2. The highest BCUT2D eigenvalue weighted by Gasteiger charge is 2.39. The van der Waals surface area contributed by atoms with Crippen molar-refractivity contribution in [2.45, 2.75) is 24.2 Å². The van der Waals surface area contributed by atoms with Crippen LogP contribution in [-0.4, -0.2) is 51.9 Å². The van der Waals surface area contributed by atoms with Crippen LogP contribution in [0.5, 0.6) is 5.75 Å². The first-order valence-electron chi connectivity index (χ1n) is 10.0. The molecule has 3 aromatic rings. The van der Waals surface area contributed by atoms with Crippen LogP contribution in [0.15, 0.2) is 47.4 Å². The topological polar surface area (TPSA) is 95.6 Å². The summed E-state index contributed by atoms with van der Waals surface area (Å²) in [4.78, 5) is 13.9. The maximum atomic E-state index is 14.0. The number of ether oxygens (including phenoxy) is 1. The van der Waals surface area contributed by atoms with Gasteiger partial charge in [-0.1, -0.05) is 6.92 Å². The van der Waals surface area contributed by atoms with Gasteiger partial charge in [-0.25, -0.2) is 27.1 Å². The van der Waals surface area contributed by atoms with E-state index in [1.165, 1.54) is 24.1 Å². The van der Waals surface area contributed by atoms with Crippen molar-refractivity contribution in [3.63, 3.8) is 0 Å². The van der Waals surface area contributed by atoms with Crippen LogP contribution in [0.2, 0.25) is 0 Å². The molecule has 0 spiro atoms. The summed E-state index contributed by atoms with van der Waals surface area (Å²) in [6.45, 7) is 1.24. The number of carboxylic acid groups (broad SMARTS) is 1. The Hall–Kier alpha value is -3.14. The van der Waals surface area contributed by atoms with Gasteiger partial charge in [-0.15, -0.1) is 0 Å². The van der Waals surface area contributed by atoms with E-state index in [0.717, 1.165) is 4.57 Å². The molecule has 0 saturated carbocycles. The molecule has 0 amide bonds. The van der Waals surface area contributed by atoms with Gasteiger partial charge < -0.3 is 14.7 Å². The highest BCUT2D eigenvalue weighted by Crippen LogP contribution is 2.40. The molecule has 1 aliphatic heterocycles. The number of alkyl halides is 2. The number of benzene rings is 2. The van der Waals surface area contributed by atoms with Crippen molar-refractivity contribution in [1.82, 2.24) is 4.57 Å². The Balaban J connectivity index is 2.00. The van der Waals surface area contributed by atoms with Crippen LogP contribution in [0.1, 0.15) is 13.3 Å². The van der Waals surface area contributed by atoms with E-state index in [1.54, 1.807) is 37.3 Å². The molecule has 1 saturated heterocycles. The molecular formula is C22H23F2N3O4S. The second kappa shape index (κ2) is 7.77. The monoisotopic (exact) mass is 463 g/mol. The minimum Gasteiger partial charge on any atom is -0.497 e. The first-order chi connectivity index (χ1) is 15.1. The summed E-state index contributed by atoms with van der Waals surface area (Å²) in [7, 11) is -1.61. The van der Waals surface area contributed by atoms with Gasteiger partial charge in [0, 0.05) is 40.3 Å². The molecule has 1 unspecified atom stereocenters. The van der Waals surface area contributed by atoms with Crippen LogP contribution in [0.25, 0.3) is 22.2 Å². The highest BCUT2D eigenvalue weighted by molar-refractivity contribution is 7.92. The third-order valence-corrected chi connectivity index (χ3v) is 7.57. The van der Waals surface area contributed by atoms with Crippen molar-refractivity contribution in [3.8, 4) is 17.0 Å². The molecule has 2 aromatic carbocycles. The normalized spacial score (nSPS) is 17.4. The average Bonchev–Trinajstić information content (AvgIpc) is 3.32. The summed E-state index contributed by atoms with van der Waals surface area (Å²) in [5, 5.41) is 10.5. The molecule has 0 aliphatic carbocycles. The number of nitrogens with zero attached hydrogens (tertiary/aromatic N) is 2. The number of hydrogen-bond acceptors (Lipinski definition) is 5. The number of halogens is 2. The molecule has 1 atom stereocenters. The number of aromatic nitrogens is 1. The van der Waals surface area contributed by atoms with Crippen molar-refractivity contribution >= 4 is 32.4 Å². The van der Waals surface area contributed by atoms with E-state index in [-0.39, 0.29) is 29.3 Å². The zero-order valence-corrected chi connectivity index (χ0v) is 18.4. The maximum Gasteiger partial charge on any atom is 0.416 e. The molecule has 10 heteroatoms. The molecule has 32 heavy (non-hydrogen) atoms. The van der Waals surface area contributed by atoms with Crippen LogP contribution < -0.4 is 9.64 Å². The van der Waals surface area contributed by atoms with E-state index >= 15 is 0 Å². The third kappa shape index (κ3) is 3.79. The summed E-state index contributed by atoms with van der Waals surface area (Å²) >= 11 is 0. The van der Waals surface area contributed by atoms with Gasteiger partial charge in [0.05, 0.1) is 34.6 Å². The van der Waals surface area contributed by atoms with Gasteiger partial charge in [-0.2, -0.15) is 0 Å². The molecule has 1 aliphatic rings. The Morgan fingerprint density at radius 3 is 2.59 bits per heavy atom. The number of fused-ring (bicyclic) bond motifs is 1. The fraction of sp³-hybridized carbons (Fsp3) is 0.318. The van der Waals surface area contributed by atoms with Crippen LogP contribution in [0.4, 0.5) is 19.3 Å². The zero-order chi connectivity index (χ0) is 23.3. The summed E-state index contributed by atoms with van der Waals surface area (Å²) in [5.74, 6) is -2.23. The minimum atomic E-state index is -3.11. The minimum absolute atomic E-state index is 0.0761. The number of rotatable bonds is 5. The molecule has 1 aromatic heterocycles. The number of methoxy groups -OCH3 is 1. The van der Waals surface area contributed by atoms with Crippen molar-refractivity contribution < 1.29 is 27.6 Å². The first-order valence-corrected chi connectivity index (χ1v) is 11.8. The Labute approximate surface area is 184 Å². The quantitative estimate of drug-likeness (QED) is 0.548. The molecule has 0 radical (unpaired) electrons. The second-order valence-electron chi connectivity index (χ2n) is 7.74. The lowest BCUT2D eigenvalue weighted by Crippen LogP contribution is -2.25. The van der Waals surface area contributed by atoms with Crippen molar-refractivity contribution in [1.29, 1.82) is 4.78 Å². The Bertz CT molecular complexity index is 1320. The van der Waals surface area contributed by atoms with Gasteiger partial charge >= 0.3 is 6.09 Å². The first kappa shape index (κ1) is 22.1. The lowest BCUT2D eigenvalue weighted by atomic mass is 10.1. The Morgan fingerprint density at radius 2 is 2.00 bits per heavy atom. The lowest BCUT2D eigenvalue weighted by Gasteiger charge is -2.23. The predicted molar refractivity (Wildman–Crippen MR) is 119 cm³/mol. The fourth-order valence-corrected chi connectivity index (χ4v) is 4.96. The molecule has 2 heterocycles. The second-order valence-corrected chi connectivity index (χ2v) is 10.1. The molecule has 2 N–H and O–H groups in total. The molecule has 4 rings (SSSR count). The maximum absolute atomic E-state index is 14.0. The summed E-state index contributed by atoms with van der Waals surface area (Å²) in [6, 6.07) is 11.1. The number of carbonyl (C=O) groups is 1. The van der Waals surface area contributed by atoms with E-state index in [1.807, 2.05) is 0 Å². The van der Waals surface area contributed by atoms with E-state index in [2.05, 4.69) is 0 Å². The summed E-state index contributed by atoms with van der Waals surface area (Å²) in [6.07, 6.45) is -1.55. The van der Waals surface area contributed by atoms with Crippen LogP contribution in [0, 0.1) is 4.78 Å². The van der Waals surface area contributed by atoms with Gasteiger partial charge in [0.15, 0.2) is 0 Å². The Morgan fingerprint density at radius 1 is 1.25 bits per heavy atom. The van der Waals surface area contributed by atoms with Crippen molar-refractivity contribution in [3.05, 3.63) is 42.5 Å². The molecule has 1 fully saturated rings. The van der Waals surface area contributed by atoms with Gasteiger partial charge in [0.2, 0.25) is 0 Å². The zero-order valence-electron chi connectivity index (χ0n) is 17.6. The van der Waals surface area contributed by atoms with Crippen molar-refractivity contribution in [2.75, 3.05) is 30.9 Å². The smallest absolute Gasteiger partial charge is 0.416 e. The fourth-order valence-electron chi connectivity index (χ4n) is 4.03. The third-order valence-electron chi connectivity index (χ3n) is 5.74. The van der Waals surface area contributed by atoms with E-state index < -0.39 is 28.3 Å². The van der Waals surface area contributed by atoms with E-state index in [4.69, 9.17) is 9.52 Å².